The quantitative estimate of drug-likeness (QED) is 0.756. The Morgan fingerprint density at radius 3 is 1.79 bits per heavy atom. The Bertz CT molecular complexity index is 676. The Hall–Kier alpha value is -1.26. The molecule has 2 heterocycles. The van der Waals surface area contributed by atoms with Crippen LogP contribution in [0.15, 0.2) is 24.3 Å². The minimum absolute atomic E-state index is 0.0373. The molecule has 2 N–H and O–H groups in total. The van der Waals surface area contributed by atoms with Gasteiger partial charge in [0, 0.05) is 29.5 Å². The molecule has 28 heavy (non-hydrogen) atoms. The van der Waals surface area contributed by atoms with Gasteiger partial charge in [-0.1, -0.05) is 0 Å². The summed E-state index contributed by atoms with van der Waals surface area (Å²) in [6.07, 6.45) is 4.57. The maximum atomic E-state index is 6.36. The fourth-order valence-electron chi connectivity index (χ4n) is 5.19. The summed E-state index contributed by atoms with van der Waals surface area (Å²) >= 11 is 0. The molecule has 0 saturated carbocycles. The first kappa shape index (κ1) is 21.4. The molecule has 2 atom stereocenters. The molecular weight excluding hydrogens is 348 g/mol. The molecule has 0 radical (unpaired) electrons. The van der Waals surface area contributed by atoms with Crippen molar-refractivity contribution in [1.82, 2.24) is 10.6 Å². The summed E-state index contributed by atoms with van der Waals surface area (Å²) in [6.45, 7) is 18.0. The van der Waals surface area contributed by atoms with Gasteiger partial charge in [-0.25, -0.2) is 0 Å². The fourth-order valence-corrected chi connectivity index (χ4v) is 5.19. The molecule has 4 nitrogen and oxygen atoms in total. The van der Waals surface area contributed by atoms with Gasteiger partial charge in [-0.2, -0.15) is 0 Å². The van der Waals surface area contributed by atoms with Crippen LogP contribution < -0.4 is 20.1 Å². The van der Waals surface area contributed by atoms with Crippen LogP contribution in [0.5, 0.6) is 11.5 Å². The van der Waals surface area contributed by atoms with Crippen LogP contribution in [0.4, 0.5) is 0 Å². The average Bonchev–Trinajstić information content (AvgIpc) is 2.64. The molecule has 2 aliphatic rings. The second-order valence-corrected chi connectivity index (χ2v) is 11.4. The third-order valence-electron chi connectivity index (χ3n) is 6.07. The zero-order valence-electron chi connectivity index (χ0n) is 19.1. The van der Waals surface area contributed by atoms with Crippen molar-refractivity contribution >= 4 is 0 Å². The molecule has 2 unspecified atom stereocenters. The Morgan fingerprint density at radius 2 is 1.25 bits per heavy atom. The molecule has 0 aliphatic carbocycles. The van der Waals surface area contributed by atoms with Crippen molar-refractivity contribution in [2.75, 3.05) is 0 Å². The highest BCUT2D eigenvalue weighted by atomic mass is 16.5. The van der Waals surface area contributed by atoms with Crippen LogP contribution in [0.25, 0.3) is 0 Å². The molecular formula is C24H40N2O2. The number of rotatable bonds is 4. The minimum atomic E-state index is -0.0373. The molecule has 4 heteroatoms. The first-order valence-corrected chi connectivity index (χ1v) is 10.8. The first-order chi connectivity index (χ1) is 12.8. The van der Waals surface area contributed by atoms with Gasteiger partial charge < -0.3 is 20.1 Å². The van der Waals surface area contributed by atoms with Crippen LogP contribution in [0.2, 0.25) is 0 Å². The minimum Gasteiger partial charge on any atom is -0.490 e. The van der Waals surface area contributed by atoms with E-state index in [-0.39, 0.29) is 34.4 Å². The topological polar surface area (TPSA) is 42.5 Å². The smallest absolute Gasteiger partial charge is 0.120 e. The van der Waals surface area contributed by atoms with Crippen molar-refractivity contribution in [2.45, 2.75) is 115 Å². The molecule has 3 rings (SSSR count). The lowest BCUT2D eigenvalue weighted by atomic mass is 9.96. The van der Waals surface area contributed by atoms with Crippen LogP contribution >= 0.6 is 0 Å². The average molecular weight is 389 g/mol. The Labute approximate surface area is 171 Å². The molecule has 0 aromatic heterocycles. The highest BCUT2D eigenvalue weighted by molar-refractivity contribution is 5.32. The van der Waals surface area contributed by atoms with Crippen molar-refractivity contribution in [3.8, 4) is 11.5 Å². The largest absolute Gasteiger partial charge is 0.490 e. The van der Waals surface area contributed by atoms with E-state index in [1.165, 1.54) is 0 Å². The van der Waals surface area contributed by atoms with E-state index in [0.29, 0.717) is 0 Å². The predicted octanol–water partition coefficient (Wildman–Crippen LogP) is 5.06. The second-order valence-electron chi connectivity index (χ2n) is 11.4. The SMILES string of the molecule is CC1(C)CCC(Oc2ccc(OC3CC(C)(C)NC3(C)C)cc2)CC(C)(C)N1. The van der Waals surface area contributed by atoms with E-state index < -0.39 is 0 Å². The van der Waals surface area contributed by atoms with E-state index in [0.717, 1.165) is 37.2 Å². The van der Waals surface area contributed by atoms with Gasteiger partial charge in [-0.15, -0.1) is 0 Å². The van der Waals surface area contributed by atoms with E-state index in [1.807, 2.05) is 24.3 Å². The van der Waals surface area contributed by atoms with Gasteiger partial charge in [-0.3, -0.25) is 0 Å². The maximum Gasteiger partial charge on any atom is 0.120 e. The van der Waals surface area contributed by atoms with Crippen molar-refractivity contribution in [3.05, 3.63) is 24.3 Å². The molecule has 1 aromatic rings. The summed E-state index contributed by atoms with van der Waals surface area (Å²) in [5, 5.41) is 7.44. The first-order valence-electron chi connectivity index (χ1n) is 10.8. The van der Waals surface area contributed by atoms with Crippen molar-refractivity contribution in [3.63, 3.8) is 0 Å². The Balaban J connectivity index is 1.62. The molecule has 0 amide bonds. The summed E-state index contributed by atoms with van der Waals surface area (Å²) < 4.78 is 12.7. The highest BCUT2D eigenvalue weighted by Crippen LogP contribution is 2.34. The van der Waals surface area contributed by atoms with Gasteiger partial charge in [-0.05, 0) is 92.5 Å². The summed E-state index contributed by atoms with van der Waals surface area (Å²) in [4.78, 5) is 0. The number of hydrogen-bond acceptors (Lipinski definition) is 4. The van der Waals surface area contributed by atoms with Gasteiger partial charge in [0.25, 0.3) is 0 Å². The summed E-state index contributed by atoms with van der Waals surface area (Å²) in [7, 11) is 0. The number of benzene rings is 1. The number of nitrogens with one attached hydrogen (secondary N) is 2. The highest BCUT2D eigenvalue weighted by Gasteiger charge is 2.45. The molecule has 2 aliphatic heterocycles. The molecule has 0 bridgehead atoms. The van der Waals surface area contributed by atoms with Crippen molar-refractivity contribution < 1.29 is 9.47 Å². The zero-order chi connectivity index (χ0) is 20.8. The molecule has 1 aromatic carbocycles. The van der Waals surface area contributed by atoms with E-state index >= 15 is 0 Å². The van der Waals surface area contributed by atoms with Crippen molar-refractivity contribution in [2.24, 2.45) is 0 Å². The number of ether oxygens (including phenoxy) is 2. The Morgan fingerprint density at radius 1 is 0.714 bits per heavy atom. The lowest BCUT2D eigenvalue weighted by molar-refractivity contribution is 0.142. The predicted molar refractivity (Wildman–Crippen MR) is 116 cm³/mol. The van der Waals surface area contributed by atoms with Crippen LogP contribution in [-0.2, 0) is 0 Å². The third-order valence-corrected chi connectivity index (χ3v) is 6.07. The normalized spacial score (nSPS) is 30.4. The molecule has 2 saturated heterocycles. The fraction of sp³-hybridized carbons (Fsp3) is 0.750. The van der Waals surface area contributed by atoms with E-state index in [9.17, 15) is 0 Å². The summed E-state index contributed by atoms with van der Waals surface area (Å²) in [5.41, 5.74) is 0.284. The Kier molecular flexibility index (Phi) is 5.52. The summed E-state index contributed by atoms with van der Waals surface area (Å²) in [5.74, 6) is 1.84. The van der Waals surface area contributed by atoms with Crippen molar-refractivity contribution in [1.29, 1.82) is 0 Å². The van der Waals surface area contributed by atoms with Gasteiger partial charge in [0.1, 0.15) is 23.7 Å². The van der Waals surface area contributed by atoms with E-state index in [4.69, 9.17) is 9.47 Å². The van der Waals surface area contributed by atoms with Crippen LogP contribution in [0.1, 0.15) is 81.1 Å². The maximum absolute atomic E-state index is 6.36. The lowest BCUT2D eigenvalue weighted by Crippen LogP contribution is -2.51. The standard InChI is InChI=1S/C24H40N2O2/c1-21(2)14-13-19(15-22(3,4)25-21)27-17-9-11-18(12-10-17)28-20-16-23(5,6)26-24(20,7)8/h9-12,19-20,25-26H,13-16H2,1-8H3. The van der Waals surface area contributed by atoms with Gasteiger partial charge >= 0.3 is 0 Å². The molecule has 0 spiro atoms. The van der Waals surface area contributed by atoms with Gasteiger partial charge in [0.15, 0.2) is 0 Å². The van der Waals surface area contributed by atoms with Crippen LogP contribution in [0, 0.1) is 0 Å². The second kappa shape index (κ2) is 7.21. The number of hydrogen-bond donors (Lipinski definition) is 2. The lowest BCUT2D eigenvalue weighted by Gasteiger charge is -2.34. The van der Waals surface area contributed by atoms with Crippen LogP contribution in [-0.4, -0.2) is 34.4 Å². The monoisotopic (exact) mass is 388 g/mol. The molecule has 2 fully saturated rings. The van der Waals surface area contributed by atoms with E-state index in [2.05, 4.69) is 66.0 Å². The van der Waals surface area contributed by atoms with Crippen LogP contribution in [0.3, 0.4) is 0 Å². The zero-order valence-corrected chi connectivity index (χ0v) is 19.1. The van der Waals surface area contributed by atoms with Gasteiger partial charge in [0.2, 0.25) is 0 Å². The van der Waals surface area contributed by atoms with Gasteiger partial charge in [0.05, 0.1) is 5.54 Å². The molecule has 158 valence electrons. The summed E-state index contributed by atoms with van der Waals surface area (Å²) in [6, 6.07) is 8.18. The third kappa shape index (κ3) is 5.42. The van der Waals surface area contributed by atoms with E-state index in [1.54, 1.807) is 0 Å².